The molecule has 0 aromatic rings. The molecule has 0 aromatic carbocycles. The van der Waals surface area contributed by atoms with E-state index in [4.69, 9.17) is 19.6 Å². The Labute approximate surface area is 128 Å². The van der Waals surface area contributed by atoms with Gasteiger partial charge >= 0.3 is 15.2 Å². The molecule has 6 nitrogen and oxygen atoms in total. The van der Waals surface area contributed by atoms with Gasteiger partial charge in [0, 0.05) is 31.8 Å². The standard InChI is InChI=1S/2C5H13O3P.Zn/c2*1-2-3-4-5-9(6,7)8;/h2*2-5H2,1H3,(H2,6,7,8);. The average Bonchev–Trinajstić information content (AvgIpc) is 2.16. The first-order valence-corrected chi connectivity index (χ1v) is 9.81. The predicted octanol–water partition coefficient (Wildman–Crippen LogP) is 2.71. The van der Waals surface area contributed by atoms with Gasteiger partial charge in [-0.3, -0.25) is 9.13 Å². The van der Waals surface area contributed by atoms with Crippen LogP contribution in [0.2, 0.25) is 0 Å². The van der Waals surface area contributed by atoms with Gasteiger partial charge in [0.25, 0.3) is 0 Å². The van der Waals surface area contributed by atoms with Crippen molar-refractivity contribution in [2.75, 3.05) is 12.3 Å². The third kappa shape index (κ3) is 32.5. The normalized spacial score (nSPS) is 11.3. The monoisotopic (exact) mass is 368 g/mol. The van der Waals surface area contributed by atoms with Gasteiger partial charge in [0.2, 0.25) is 0 Å². The SMILES string of the molecule is CCCCCP(=O)(O)O.CCCCCP(=O)(O)O.[Zn]. The Morgan fingerprint density at radius 1 is 0.684 bits per heavy atom. The van der Waals surface area contributed by atoms with Crippen molar-refractivity contribution in [2.45, 2.75) is 52.4 Å². The van der Waals surface area contributed by atoms with E-state index in [2.05, 4.69) is 0 Å². The molecule has 0 amide bonds. The molecule has 0 radical (unpaired) electrons. The molecule has 0 aromatic heterocycles. The van der Waals surface area contributed by atoms with Crippen molar-refractivity contribution in [3.8, 4) is 0 Å². The first kappa shape index (κ1) is 24.9. The molecule has 0 saturated carbocycles. The van der Waals surface area contributed by atoms with Crippen LogP contribution in [-0.4, -0.2) is 31.9 Å². The fourth-order valence-corrected chi connectivity index (χ4v) is 2.41. The first-order valence-electron chi connectivity index (χ1n) is 6.21. The summed E-state index contributed by atoms with van der Waals surface area (Å²) in [6.07, 6.45) is 5.18. The van der Waals surface area contributed by atoms with Crippen molar-refractivity contribution in [3.05, 3.63) is 0 Å². The minimum absolute atomic E-state index is 0. The minimum Gasteiger partial charge on any atom is -0.324 e. The van der Waals surface area contributed by atoms with E-state index >= 15 is 0 Å². The molecular formula is C10H26O6P2Zn. The molecule has 0 unspecified atom stereocenters. The second kappa shape index (κ2) is 13.9. The molecule has 0 rings (SSSR count). The van der Waals surface area contributed by atoms with Gasteiger partial charge in [-0.15, -0.1) is 0 Å². The van der Waals surface area contributed by atoms with E-state index in [1.54, 1.807) is 0 Å². The molecule has 9 heteroatoms. The van der Waals surface area contributed by atoms with Crippen LogP contribution in [0.1, 0.15) is 52.4 Å². The molecule has 0 bridgehead atoms. The summed E-state index contributed by atoms with van der Waals surface area (Å²) in [5.74, 6) is 0. The largest absolute Gasteiger partial charge is 0.325 e. The summed E-state index contributed by atoms with van der Waals surface area (Å²) in [6, 6.07) is 0. The number of rotatable bonds is 8. The van der Waals surface area contributed by atoms with Crippen molar-refractivity contribution in [2.24, 2.45) is 0 Å². The topological polar surface area (TPSA) is 115 Å². The van der Waals surface area contributed by atoms with Crippen molar-refractivity contribution in [1.82, 2.24) is 0 Å². The zero-order valence-corrected chi connectivity index (χ0v) is 16.6. The van der Waals surface area contributed by atoms with Crippen molar-refractivity contribution >= 4 is 15.2 Å². The van der Waals surface area contributed by atoms with E-state index in [9.17, 15) is 9.13 Å². The van der Waals surface area contributed by atoms with Gasteiger partial charge in [-0.2, -0.15) is 0 Å². The van der Waals surface area contributed by atoms with Crippen LogP contribution in [0.3, 0.4) is 0 Å². The second-order valence-electron chi connectivity index (χ2n) is 4.19. The molecule has 19 heavy (non-hydrogen) atoms. The van der Waals surface area contributed by atoms with Crippen LogP contribution in [0.5, 0.6) is 0 Å². The van der Waals surface area contributed by atoms with E-state index in [1.807, 2.05) is 13.8 Å². The second-order valence-corrected chi connectivity index (χ2v) is 7.74. The van der Waals surface area contributed by atoms with Gasteiger partial charge in [0.1, 0.15) is 0 Å². The van der Waals surface area contributed by atoms with Crippen molar-refractivity contribution in [1.29, 1.82) is 0 Å². The van der Waals surface area contributed by atoms with Gasteiger partial charge < -0.3 is 19.6 Å². The van der Waals surface area contributed by atoms with Gasteiger partial charge in [-0.25, -0.2) is 0 Å². The van der Waals surface area contributed by atoms with Gasteiger partial charge in [-0.1, -0.05) is 39.5 Å². The smallest absolute Gasteiger partial charge is 0.324 e. The van der Waals surface area contributed by atoms with Crippen LogP contribution in [0.15, 0.2) is 0 Å². The zero-order chi connectivity index (χ0) is 14.7. The molecule has 4 N–H and O–H groups in total. The Hall–Kier alpha value is 0.923. The Balaban J connectivity index is -0.000000256. The maximum absolute atomic E-state index is 10.2. The Morgan fingerprint density at radius 3 is 1.11 bits per heavy atom. The number of unbranched alkanes of at least 4 members (excludes halogenated alkanes) is 4. The fourth-order valence-electron chi connectivity index (χ4n) is 1.14. The molecule has 0 atom stereocenters. The molecular weight excluding hydrogens is 343 g/mol. The minimum atomic E-state index is -3.70. The predicted molar refractivity (Wildman–Crippen MR) is 72.9 cm³/mol. The molecule has 0 spiro atoms. The van der Waals surface area contributed by atoms with E-state index in [1.165, 1.54) is 0 Å². The first-order chi connectivity index (χ1) is 8.12. The van der Waals surface area contributed by atoms with Gasteiger partial charge in [-0.05, 0) is 12.8 Å². The summed E-state index contributed by atoms with van der Waals surface area (Å²) in [6.45, 7) is 4.00. The molecule has 114 valence electrons. The Morgan fingerprint density at radius 2 is 0.947 bits per heavy atom. The molecule has 0 fully saturated rings. The van der Waals surface area contributed by atoms with Crippen LogP contribution >= 0.6 is 15.2 Å². The molecule has 0 aliphatic rings. The molecule has 0 aliphatic heterocycles. The fraction of sp³-hybridized carbons (Fsp3) is 1.00. The summed E-state index contributed by atoms with van der Waals surface area (Å²) in [5, 5.41) is 0. The van der Waals surface area contributed by atoms with Crippen LogP contribution in [0.25, 0.3) is 0 Å². The Kier molecular flexibility index (Phi) is 18.2. The summed E-state index contributed by atoms with van der Waals surface area (Å²) in [5.41, 5.74) is 0. The third-order valence-electron chi connectivity index (χ3n) is 2.11. The van der Waals surface area contributed by atoms with Crippen LogP contribution in [0.4, 0.5) is 0 Å². The van der Waals surface area contributed by atoms with E-state index in [-0.39, 0.29) is 31.8 Å². The average molecular weight is 370 g/mol. The maximum atomic E-state index is 10.2. The summed E-state index contributed by atoms with van der Waals surface area (Å²) in [7, 11) is -7.39. The number of hydrogen-bond donors (Lipinski definition) is 4. The van der Waals surface area contributed by atoms with E-state index in [0.717, 1.165) is 25.7 Å². The van der Waals surface area contributed by atoms with Crippen LogP contribution < -0.4 is 0 Å². The van der Waals surface area contributed by atoms with Crippen LogP contribution in [0, 0.1) is 0 Å². The summed E-state index contributed by atoms with van der Waals surface area (Å²) < 4.78 is 20.4. The van der Waals surface area contributed by atoms with Crippen molar-refractivity contribution in [3.63, 3.8) is 0 Å². The molecule has 0 heterocycles. The Bertz CT molecular complexity index is 247. The summed E-state index contributed by atoms with van der Waals surface area (Å²) in [4.78, 5) is 33.4. The molecule has 0 aliphatic carbocycles. The molecule has 0 saturated heterocycles. The van der Waals surface area contributed by atoms with E-state index < -0.39 is 15.2 Å². The van der Waals surface area contributed by atoms with Crippen LogP contribution in [-0.2, 0) is 28.6 Å². The van der Waals surface area contributed by atoms with Gasteiger partial charge in [0.05, 0.1) is 0 Å². The maximum Gasteiger partial charge on any atom is 0.325 e. The van der Waals surface area contributed by atoms with E-state index in [0.29, 0.717) is 12.8 Å². The third-order valence-corrected chi connectivity index (χ3v) is 3.90. The zero-order valence-electron chi connectivity index (χ0n) is 11.9. The number of hydrogen-bond acceptors (Lipinski definition) is 2. The van der Waals surface area contributed by atoms with Crippen molar-refractivity contribution < 1.29 is 48.2 Å². The van der Waals surface area contributed by atoms with Gasteiger partial charge in [0.15, 0.2) is 0 Å². The summed E-state index contributed by atoms with van der Waals surface area (Å²) >= 11 is 0. The quantitative estimate of drug-likeness (QED) is 0.297.